The summed E-state index contributed by atoms with van der Waals surface area (Å²) in [5.41, 5.74) is 1.04. The van der Waals surface area contributed by atoms with E-state index in [1.165, 1.54) is 12.8 Å². The molecule has 0 radical (unpaired) electrons. The lowest BCUT2D eigenvalue weighted by Gasteiger charge is -2.19. The predicted octanol–water partition coefficient (Wildman–Crippen LogP) is 1.95. The lowest BCUT2D eigenvalue weighted by molar-refractivity contribution is 0.294. The summed E-state index contributed by atoms with van der Waals surface area (Å²) in [7, 11) is 0. The lowest BCUT2D eigenvalue weighted by atomic mass is 10.1. The second-order valence-corrected chi connectivity index (χ2v) is 4.31. The fourth-order valence-electron chi connectivity index (χ4n) is 2.24. The molecule has 1 fully saturated rings. The Morgan fingerprint density at radius 3 is 2.88 bits per heavy atom. The van der Waals surface area contributed by atoms with Crippen molar-refractivity contribution in [3.63, 3.8) is 0 Å². The Hall–Kier alpha value is -1.34. The van der Waals surface area contributed by atoms with Crippen LogP contribution >= 0.6 is 0 Å². The van der Waals surface area contributed by atoms with Crippen molar-refractivity contribution in [3.05, 3.63) is 18.0 Å². The van der Waals surface area contributed by atoms with Crippen LogP contribution in [0.5, 0.6) is 0 Å². The van der Waals surface area contributed by atoms with Crippen LogP contribution in [0, 0.1) is 11.3 Å². The molecular weight excluding hydrogens is 200 g/mol. The zero-order valence-electron chi connectivity index (χ0n) is 9.76. The molecule has 0 N–H and O–H groups in total. The van der Waals surface area contributed by atoms with Gasteiger partial charge in [0.2, 0.25) is 0 Å². The van der Waals surface area contributed by atoms with Gasteiger partial charge in [0.1, 0.15) is 6.04 Å². The van der Waals surface area contributed by atoms with E-state index in [9.17, 15) is 5.26 Å². The molecular formula is C12H18N4. The average molecular weight is 218 g/mol. The maximum Gasteiger partial charge on any atom is 0.126 e. The first-order valence-corrected chi connectivity index (χ1v) is 6.01. The van der Waals surface area contributed by atoms with Gasteiger partial charge in [-0.15, -0.1) is 0 Å². The molecule has 1 atom stereocenters. The molecule has 16 heavy (non-hydrogen) atoms. The molecule has 0 aromatic carbocycles. The van der Waals surface area contributed by atoms with Gasteiger partial charge in [-0.3, -0.25) is 9.58 Å². The Labute approximate surface area is 96.5 Å². The van der Waals surface area contributed by atoms with Gasteiger partial charge in [-0.25, -0.2) is 0 Å². The number of nitrogens with zero attached hydrogens (tertiary/aromatic N) is 4. The molecule has 1 saturated heterocycles. The average Bonchev–Trinajstić information content (AvgIpc) is 2.92. The standard InChI is InChI=1S/C12H18N4/c1-2-5-16-10-11(9-14-16)12(8-13)15-6-3-4-7-15/h9-10,12H,2-7H2,1H3. The minimum Gasteiger partial charge on any atom is -0.284 e. The van der Waals surface area contributed by atoms with Crippen LogP contribution in [0.25, 0.3) is 0 Å². The highest BCUT2D eigenvalue weighted by molar-refractivity contribution is 5.18. The van der Waals surface area contributed by atoms with Gasteiger partial charge in [0.25, 0.3) is 0 Å². The number of rotatable bonds is 4. The third-order valence-corrected chi connectivity index (χ3v) is 3.05. The van der Waals surface area contributed by atoms with Gasteiger partial charge in [-0.2, -0.15) is 10.4 Å². The van der Waals surface area contributed by atoms with E-state index in [0.29, 0.717) is 0 Å². The molecule has 0 spiro atoms. The van der Waals surface area contributed by atoms with Crippen LogP contribution in [-0.4, -0.2) is 27.8 Å². The van der Waals surface area contributed by atoms with Gasteiger partial charge >= 0.3 is 0 Å². The van der Waals surface area contributed by atoms with E-state index >= 15 is 0 Å². The van der Waals surface area contributed by atoms with Crippen LogP contribution in [-0.2, 0) is 6.54 Å². The first-order valence-electron chi connectivity index (χ1n) is 6.01. The molecule has 1 aromatic rings. The maximum atomic E-state index is 9.25. The maximum absolute atomic E-state index is 9.25. The molecule has 1 aliphatic rings. The number of nitriles is 1. The van der Waals surface area contributed by atoms with Gasteiger partial charge in [0.15, 0.2) is 0 Å². The van der Waals surface area contributed by atoms with Crippen molar-refractivity contribution in [2.75, 3.05) is 13.1 Å². The van der Waals surface area contributed by atoms with Crippen molar-refractivity contribution in [2.24, 2.45) is 0 Å². The number of likely N-dealkylation sites (tertiary alicyclic amines) is 1. The van der Waals surface area contributed by atoms with Crippen molar-refractivity contribution in [3.8, 4) is 6.07 Å². The van der Waals surface area contributed by atoms with Crippen molar-refractivity contribution in [1.82, 2.24) is 14.7 Å². The molecule has 2 heterocycles. The van der Waals surface area contributed by atoms with Crippen LogP contribution in [0.4, 0.5) is 0 Å². The monoisotopic (exact) mass is 218 g/mol. The SMILES string of the molecule is CCCn1cc(C(C#N)N2CCCC2)cn1. The topological polar surface area (TPSA) is 44.9 Å². The summed E-state index contributed by atoms with van der Waals surface area (Å²) >= 11 is 0. The minimum absolute atomic E-state index is 0.104. The van der Waals surface area contributed by atoms with E-state index < -0.39 is 0 Å². The van der Waals surface area contributed by atoms with Crippen LogP contribution in [0.3, 0.4) is 0 Å². The second kappa shape index (κ2) is 5.13. The summed E-state index contributed by atoms with van der Waals surface area (Å²) in [4.78, 5) is 2.24. The minimum atomic E-state index is -0.104. The summed E-state index contributed by atoms with van der Waals surface area (Å²) in [6, 6.07) is 2.28. The van der Waals surface area contributed by atoms with Crippen LogP contribution < -0.4 is 0 Å². The van der Waals surface area contributed by atoms with Crippen molar-refractivity contribution in [1.29, 1.82) is 5.26 Å². The Morgan fingerprint density at radius 2 is 2.25 bits per heavy atom. The highest BCUT2D eigenvalue weighted by Crippen LogP contribution is 2.23. The highest BCUT2D eigenvalue weighted by atomic mass is 15.3. The Morgan fingerprint density at radius 1 is 1.50 bits per heavy atom. The number of hydrogen-bond acceptors (Lipinski definition) is 3. The van der Waals surface area contributed by atoms with Crippen molar-refractivity contribution >= 4 is 0 Å². The molecule has 1 unspecified atom stereocenters. The molecule has 1 aliphatic heterocycles. The number of hydrogen-bond donors (Lipinski definition) is 0. The van der Waals surface area contributed by atoms with E-state index in [1.807, 2.05) is 17.1 Å². The summed E-state index contributed by atoms with van der Waals surface area (Å²) in [6.45, 7) is 5.14. The normalized spacial score (nSPS) is 18.5. The van der Waals surface area contributed by atoms with Gasteiger partial charge in [0, 0.05) is 18.3 Å². The van der Waals surface area contributed by atoms with Gasteiger partial charge in [0.05, 0.1) is 12.3 Å². The summed E-state index contributed by atoms with van der Waals surface area (Å²) in [5.74, 6) is 0. The Bertz CT molecular complexity index is 371. The van der Waals surface area contributed by atoms with Gasteiger partial charge in [-0.05, 0) is 32.4 Å². The summed E-state index contributed by atoms with van der Waals surface area (Å²) < 4.78 is 1.93. The molecule has 0 saturated carbocycles. The predicted molar refractivity (Wildman–Crippen MR) is 61.7 cm³/mol. The Kier molecular flexibility index (Phi) is 3.58. The fraction of sp³-hybridized carbons (Fsp3) is 0.667. The van der Waals surface area contributed by atoms with Crippen LogP contribution in [0.2, 0.25) is 0 Å². The smallest absolute Gasteiger partial charge is 0.126 e. The highest BCUT2D eigenvalue weighted by Gasteiger charge is 2.24. The van der Waals surface area contributed by atoms with E-state index in [0.717, 1.165) is 31.6 Å². The summed E-state index contributed by atoms with van der Waals surface area (Å²) in [6.07, 6.45) is 7.34. The van der Waals surface area contributed by atoms with E-state index in [2.05, 4.69) is 23.0 Å². The largest absolute Gasteiger partial charge is 0.284 e. The van der Waals surface area contributed by atoms with E-state index in [1.54, 1.807) is 0 Å². The van der Waals surface area contributed by atoms with Gasteiger partial charge < -0.3 is 0 Å². The molecule has 2 rings (SSSR count). The Balaban J connectivity index is 2.10. The molecule has 0 bridgehead atoms. The number of aryl methyl sites for hydroxylation is 1. The van der Waals surface area contributed by atoms with Crippen molar-refractivity contribution < 1.29 is 0 Å². The van der Waals surface area contributed by atoms with E-state index in [4.69, 9.17) is 0 Å². The quantitative estimate of drug-likeness (QED) is 0.776. The first kappa shape index (κ1) is 11.2. The molecule has 4 heteroatoms. The zero-order chi connectivity index (χ0) is 11.4. The van der Waals surface area contributed by atoms with Gasteiger partial charge in [-0.1, -0.05) is 6.92 Å². The third kappa shape index (κ3) is 2.25. The lowest BCUT2D eigenvalue weighted by Crippen LogP contribution is -2.24. The molecule has 0 aliphatic carbocycles. The second-order valence-electron chi connectivity index (χ2n) is 4.31. The van der Waals surface area contributed by atoms with Crippen LogP contribution in [0.1, 0.15) is 37.8 Å². The molecule has 4 nitrogen and oxygen atoms in total. The zero-order valence-corrected chi connectivity index (χ0v) is 9.76. The molecule has 86 valence electrons. The first-order chi connectivity index (χ1) is 7.85. The van der Waals surface area contributed by atoms with Crippen LogP contribution in [0.15, 0.2) is 12.4 Å². The third-order valence-electron chi connectivity index (χ3n) is 3.05. The van der Waals surface area contributed by atoms with E-state index in [-0.39, 0.29) is 6.04 Å². The summed E-state index contributed by atoms with van der Waals surface area (Å²) in [5, 5.41) is 13.5. The fourth-order valence-corrected chi connectivity index (χ4v) is 2.24. The number of aromatic nitrogens is 2. The molecule has 0 amide bonds. The molecule has 1 aromatic heterocycles. The van der Waals surface area contributed by atoms with Crippen molar-refractivity contribution in [2.45, 2.75) is 38.8 Å².